The highest BCUT2D eigenvalue weighted by molar-refractivity contribution is 5.95. The summed E-state index contributed by atoms with van der Waals surface area (Å²) in [7, 11) is 1.76. The first-order valence-corrected chi connectivity index (χ1v) is 5.64. The normalized spacial score (nSPS) is 10.3. The zero-order valence-electron chi connectivity index (χ0n) is 10.5. The molecule has 7 nitrogen and oxygen atoms in total. The number of aryl methyl sites for hydroxylation is 2. The first-order chi connectivity index (χ1) is 8.54. The number of carbonyl (C=O) groups is 2. The molecule has 1 aromatic heterocycles. The molecule has 0 aliphatic rings. The van der Waals surface area contributed by atoms with Gasteiger partial charge < -0.3 is 15.2 Å². The smallest absolute Gasteiger partial charge is 0.329 e. The monoisotopic (exact) mass is 255 g/mol. The summed E-state index contributed by atoms with van der Waals surface area (Å²) in [5, 5.41) is 15.2. The number of nitrogens with one attached hydrogen (secondary N) is 1. The summed E-state index contributed by atoms with van der Waals surface area (Å²) in [5.41, 5.74) is 1.28. The van der Waals surface area contributed by atoms with E-state index in [-0.39, 0.29) is 25.7 Å². The molecule has 0 aliphatic carbocycles. The van der Waals surface area contributed by atoms with Gasteiger partial charge >= 0.3 is 5.97 Å². The van der Waals surface area contributed by atoms with Crippen LogP contribution in [0.15, 0.2) is 6.20 Å². The Morgan fingerprint density at radius 2 is 2.28 bits per heavy atom. The van der Waals surface area contributed by atoms with Crippen molar-refractivity contribution < 1.29 is 19.4 Å². The van der Waals surface area contributed by atoms with Crippen molar-refractivity contribution in [3.8, 4) is 0 Å². The minimum Gasteiger partial charge on any atom is -0.480 e. The maximum atomic E-state index is 11.8. The zero-order valence-corrected chi connectivity index (χ0v) is 10.5. The quantitative estimate of drug-likeness (QED) is 0.659. The van der Waals surface area contributed by atoms with Crippen LogP contribution in [0, 0.1) is 0 Å². The summed E-state index contributed by atoms with van der Waals surface area (Å²) in [6.07, 6.45) is 2.34. The summed E-state index contributed by atoms with van der Waals surface area (Å²) in [5.74, 6) is -1.25. The van der Waals surface area contributed by atoms with Gasteiger partial charge in [-0.05, 0) is 6.42 Å². The van der Waals surface area contributed by atoms with Gasteiger partial charge in [-0.15, -0.1) is 0 Å². The second kappa shape index (κ2) is 6.75. The number of aromatic nitrogens is 2. The van der Waals surface area contributed by atoms with Crippen molar-refractivity contribution >= 4 is 11.9 Å². The summed E-state index contributed by atoms with van der Waals surface area (Å²) in [6, 6.07) is 0. The van der Waals surface area contributed by atoms with E-state index >= 15 is 0 Å². The van der Waals surface area contributed by atoms with Crippen LogP contribution in [0.5, 0.6) is 0 Å². The molecule has 7 heteroatoms. The SMILES string of the molecule is CCc1nn(C)cc1C(=O)NCCOCC(=O)O. The van der Waals surface area contributed by atoms with Crippen LogP contribution in [0.4, 0.5) is 0 Å². The third-order valence-electron chi connectivity index (χ3n) is 2.24. The highest BCUT2D eigenvalue weighted by Gasteiger charge is 2.13. The fourth-order valence-electron chi connectivity index (χ4n) is 1.48. The molecule has 0 fully saturated rings. The summed E-state index contributed by atoms with van der Waals surface area (Å²) >= 11 is 0. The van der Waals surface area contributed by atoms with Crippen molar-refractivity contribution in [1.82, 2.24) is 15.1 Å². The standard InChI is InChI=1S/C11H17N3O4/c1-3-9-8(6-14(2)13-9)11(17)12-4-5-18-7-10(15)16/h6H,3-5,7H2,1-2H3,(H,12,17)(H,15,16). The van der Waals surface area contributed by atoms with E-state index in [9.17, 15) is 9.59 Å². The highest BCUT2D eigenvalue weighted by atomic mass is 16.5. The maximum Gasteiger partial charge on any atom is 0.329 e. The second-order valence-electron chi connectivity index (χ2n) is 3.72. The largest absolute Gasteiger partial charge is 0.480 e. The number of ether oxygens (including phenoxy) is 1. The molecular weight excluding hydrogens is 238 g/mol. The number of carboxylic acids is 1. The van der Waals surface area contributed by atoms with E-state index in [0.29, 0.717) is 12.0 Å². The summed E-state index contributed by atoms with van der Waals surface area (Å²) in [4.78, 5) is 22.0. The van der Waals surface area contributed by atoms with E-state index in [1.165, 1.54) is 0 Å². The van der Waals surface area contributed by atoms with Crippen LogP contribution >= 0.6 is 0 Å². The van der Waals surface area contributed by atoms with Gasteiger partial charge in [-0.2, -0.15) is 5.10 Å². The Kier molecular flexibility index (Phi) is 5.31. The van der Waals surface area contributed by atoms with E-state index in [1.54, 1.807) is 17.9 Å². The summed E-state index contributed by atoms with van der Waals surface area (Å²) in [6.45, 7) is 2.00. The number of carbonyl (C=O) groups excluding carboxylic acids is 1. The van der Waals surface area contributed by atoms with Crippen molar-refractivity contribution in [3.63, 3.8) is 0 Å². The minimum absolute atomic E-state index is 0.166. The molecule has 0 aliphatic heterocycles. The highest BCUT2D eigenvalue weighted by Crippen LogP contribution is 2.06. The van der Waals surface area contributed by atoms with E-state index in [0.717, 1.165) is 5.69 Å². The molecule has 0 saturated heterocycles. The van der Waals surface area contributed by atoms with E-state index in [2.05, 4.69) is 10.4 Å². The van der Waals surface area contributed by atoms with Crippen LogP contribution in [-0.4, -0.2) is 46.5 Å². The molecule has 0 atom stereocenters. The molecule has 0 spiro atoms. The third-order valence-corrected chi connectivity index (χ3v) is 2.24. The first kappa shape index (κ1) is 14.2. The summed E-state index contributed by atoms with van der Waals surface area (Å²) < 4.78 is 6.40. The molecule has 0 unspecified atom stereocenters. The van der Waals surface area contributed by atoms with Crippen molar-refractivity contribution in [2.24, 2.45) is 7.05 Å². The lowest BCUT2D eigenvalue weighted by molar-refractivity contribution is -0.142. The number of hydrogen-bond acceptors (Lipinski definition) is 4. The van der Waals surface area contributed by atoms with Gasteiger partial charge in [0.1, 0.15) is 6.61 Å². The van der Waals surface area contributed by atoms with Crippen molar-refractivity contribution in [2.75, 3.05) is 19.8 Å². The molecule has 18 heavy (non-hydrogen) atoms. The molecule has 1 heterocycles. The maximum absolute atomic E-state index is 11.8. The van der Waals surface area contributed by atoms with Gasteiger partial charge in [0.2, 0.25) is 0 Å². The van der Waals surface area contributed by atoms with E-state index < -0.39 is 5.97 Å². The lowest BCUT2D eigenvalue weighted by atomic mass is 10.2. The number of nitrogens with zero attached hydrogens (tertiary/aromatic N) is 2. The molecule has 1 amide bonds. The number of aliphatic carboxylic acids is 1. The molecule has 0 aromatic carbocycles. The Morgan fingerprint density at radius 1 is 1.56 bits per heavy atom. The van der Waals surface area contributed by atoms with Gasteiger partial charge in [-0.25, -0.2) is 4.79 Å². The Bertz CT molecular complexity index is 428. The second-order valence-corrected chi connectivity index (χ2v) is 3.72. The van der Waals surface area contributed by atoms with Gasteiger partial charge in [0.15, 0.2) is 0 Å². The topological polar surface area (TPSA) is 93.5 Å². The van der Waals surface area contributed by atoms with Crippen LogP contribution in [0.3, 0.4) is 0 Å². The van der Waals surface area contributed by atoms with Crippen LogP contribution < -0.4 is 5.32 Å². The van der Waals surface area contributed by atoms with E-state index in [4.69, 9.17) is 9.84 Å². The Morgan fingerprint density at radius 3 is 2.89 bits per heavy atom. The fourth-order valence-corrected chi connectivity index (χ4v) is 1.48. The van der Waals surface area contributed by atoms with Crippen molar-refractivity contribution in [3.05, 3.63) is 17.5 Å². The predicted octanol–water partition coefficient (Wildman–Crippen LogP) is -0.186. The molecule has 100 valence electrons. The number of hydrogen-bond donors (Lipinski definition) is 2. The molecular formula is C11H17N3O4. The van der Waals surface area contributed by atoms with Gasteiger partial charge in [0, 0.05) is 19.8 Å². The Labute approximate surface area is 105 Å². The van der Waals surface area contributed by atoms with Gasteiger partial charge in [0.05, 0.1) is 17.9 Å². The lowest BCUT2D eigenvalue weighted by Crippen LogP contribution is -2.28. The lowest BCUT2D eigenvalue weighted by Gasteiger charge is -2.04. The zero-order chi connectivity index (χ0) is 13.5. The molecule has 1 aromatic rings. The molecule has 2 N–H and O–H groups in total. The Hall–Kier alpha value is -1.89. The predicted molar refractivity (Wildman–Crippen MR) is 63.4 cm³/mol. The first-order valence-electron chi connectivity index (χ1n) is 5.64. The van der Waals surface area contributed by atoms with Crippen LogP contribution in [0.2, 0.25) is 0 Å². The number of carboxylic acid groups (broad SMARTS) is 1. The van der Waals surface area contributed by atoms with Gasteiger partial charge in [-0.3, -0.25) is 9.48 Å². The minimum atomic E-state index is -1.03. The van der Waals surface area contributed by atoms with Crippen LogP contribution in [0.1, 0.15) is 23.0 Å². The van der Waals surface area contributed by atoms with Crippen molar-refractivity contribution in [2.45, 2.75) is 13.3 Å². The fraction of sp³-hybridized carbons (Fsp3) is 0.545. The average Bonchev–Trinajstić information content (AvgIpc) is 2.69. The van der Waals surface area contributed by atoms with Gasteiger partial charge in [-0.1, -0.05) is 6.92 Å². The molecule has 1 rings (SSSR count). The van der Waals surface area contributed by atoms with Crippen LogP contribution in [-0.2, 0) is 23.0 Å². The number of amides is 1. The number of rotatable bonds is 7. The van der Waals surface area contributed by atoms with Gasteiger partial charge in [0.25, 0.3) is 5.91 Å². The molecule has 0 saturated carbocycles. The van der Waals surface area contributed by atoms with Crippen LogP contribution in [0.25, 0.3) is 0 Å². The third kappa shape index (κ3) is 4.17. The van der Waals surface area contributed by atoms with Crippen molar-refractivity contribution in [1.29, 1.82) is 0 Å². The Balaban J connectivity index is 2.38. The average molecular weight is 255 g/mol. The molecule has 0 radical (unpaired) electrons. The van der Waals surface area contributed by atoms with E-state index in [1.807, 2.05) is 6.92 Å². The molecule has 0 bridgehead atoms.